The Balaban J connectivity index is 1.57. The third-order valence-electron chi connectivity index (χ3n) is 4.47. The molecule has 1 aromatic rings. The van der Waals surface area contributed by atoms with E-state index in [9.17, 15) is 4.79 Å². The molecular formula is C17H23BrN2O2. The van der Waals surface area contributed by atoms with Crippen molar-refractivity contribution >= 4 is 21.8 Å². The van der Waals surface area contributed by atoms with Crippen molar-refractivity contribution in [1.29, 1.82) is 0 Å². The summed E-state index contributed by atoms with van der Waals surface area (Å²) in [4.78, 5) is 17.0. The van der Waals surface area contributed by atoms with Crippen molar-refractivity contribution in [3.8, 4) is 0 Å². The number of morpholine rings is 1. The van der Waals surface area contributed by atoms with Gasteiger partial charge in [-0.05, 0) is 37.1 Å². The number of halogens is 1. The molecule has 0 bridgehead atoms. The van der Waals surface area contributed by atoms with E-state index in [1.54, 1.807) is 0 Å². The first kappa shape index (κ1) is 16.0. The summed E-state index contributed by atoms with van der Waals surface area (Å²) >= 11 is 3.52. The molecule has 1 aromatic carbocycles. The van der Waals surface area contributed by atoms with Crippen LogP contribution in [0, 0.1) is 5.92 Å². The number of carbonyl (C=O) groups excluding carboxylic acids is 1. The largest absolute Gasteiger partial charge is 0.378 e. The van der Waals surface area contributed by atoms with Gasteiger partial charge in [0.15, 0.2) is 0 Å². The van der Waals surface area contributed by atoms with Crippen LogP contribution in [0.5, 0.6) is 0 Å². The monoisotopic (exact) mass is 366 g/mol. The average Bonchev–Trinajstić information content (AvgIpc) is 2.55. The van der Waals surface area contributed by atoms with Crippen LogP contribution in [0.15, 0.2) is 28.7 Å². The lowest BCUT2D eigenvalue weighted by atomic mass is 9.96. The standard InChI is InChI=1S/C17H23BrN2O2/c18-16-5-1-3-14(11-16)12-19-6-2-4-15(13-19)17(21)20-7-9-22-10-8-20/h1,3,5,11,15H,2,4,6-10,12-13H2. The Bertz CT molecular complexity index is 517. The van der Waals surface area contributed by atoms with E-state index < -0.39 is 0 Å². The first-order valence-electron chi connectivity index (χ1n) is 8.06. The summed E-state index contributed by atoms with van der Waals surface area (Å²) in [5.41, 5.74) is 1.30. The number of hydrogen-bond donors (Lipinski definition) is 0. The lowest BCUT2D eigenvalue weighted by Gasteiger charge is -2.36. The Kier molecular flexibility index (Phi) is 5.50. The summed E-state index contributed by atoms with van der Waals surface area (Å²) in [6.07, 6.45) is 2.12. The van der Waals surface area contributed by atoms with E-state index >= 15 is 0 Å². The van der Waals surface area contributed by atoms with E-state index in [1.165, 1.54) is 5.56 Å². The van der Waals surface area contributed by atoms with Gasteiger partial charge in [0.2, 0.25) is 5.91 Å². The first-order valence-corrected chi connectivity index (χ1v) is 8.85. The third kappa shape index (κ3) is 4.09. The van der Waals surface area contributed by atoms with Gasteiger partial charge in [-0.1, -0.05) is 28.1 Å². The van der Waals surface area contributed by atoms with Crippen molar-refractivity contribution in [2.45, 2.75) is 19.4 Å². The van der Waals surface area contributed by atoms with Crippen molar-refractivity contribution in [3.05, 3.63) is 34.3 Å². The first-order chi connectivity index (χ1) is 10.7. The van der Waals surface area contributed by atoms with Crippen LogP contribution in [-0.2, 0) is 16.1 Å². The van der Waals surface area contributed by atoms with E-state index in [0.29, 0.717) is 19.1 Å². The van der Waals surface area contributed by atoms with Crippen LogP contribution >= 0.6 is 15.9 Å². The molecule has 0 aliphatic carbocycles. The van der Waals surface area contributed by atoms with Crippen molar-refractivity contribution in [2.75, 3.05) is 39.4 Å². The van der Waals surface area contributed by atoms with Crippen LogP contribution in [0.3, 0.4) is 0 Å². The highest BCUT2D eigenvalue weighted by Crippen LogP contribution is 2.22. The van der Waals surface area contributed by atoms with Crippen molar-refractivity contribution in [3.63, 3.8) is 0 Å². The second-order valence-electron chi connectivity index (χ2n) is 6.14. The molecule has 0 aromatic heterocycles. The van der Waals surface area contributed by atoms with Crippen molar-refractivity contribution in [1.82, 2.24) is 9.80 Å². The number of piperidine rings is 1. The molecule has 1 unspecified atom stereocenters. The molecule has 0 radical (unpaired) electrons. The molecule has 4 nitrogen and oxygen atoms in total. The molecule has 5 heteroatoms. The molecule has 0 saturated carbocycles. The van der Waals surface area contributed by atoms with Crippen LogP contribution in [0.2, 0.25) is 0 Å². The number of rotatable bonds is 3. The molecule has 120 valence electrons. The summed E-state index contributed by atoms with van der Waals surface area (Å²) in [5.74, 6) is 0.473. The number of carbonyl (C=O) groups is 1. The van der Waals surface area contributed by atoms with Gasteiger partial charge in [0, 0.05) is 30.7 Å². The molecular weight excluding hydrogens is 344 g/mol. The number of nitrogens with zero attached hydrogens (tertiary/aromatic N) is 2. The molecule has 1 atom stereocenters. The van der Waals surface area contributed by atoms with Crippen molar-refractivity contribution in [2.24, 2.45) is 5.92 Å². The molecule has 0 N–H and O–H groups in total. The number of benzene rings is 1. The Labute approximate surface area is 140 Å². The quantitative estimate of drug-likeness (QED) is 0.823. The average molecular weight is 367 g/mol. The smallest absolute Gasteiger partial charge is 0.227 e. The minimum atomic E-state index is 0.152. The van der Waals surface area contributed by atoms with Gasteiger partial charge in [-0.25, -0.2) is 0 Å². The van der Waals surface area contributed by atoms with E-state index in [2.05, 4.69) is 39.0 Å². The third-order valence-corrected chi connectivity index (χ3v) is 4.97. The number of ether oxygens (including phenoxy) is 1. The molecule has 2 heterocycles. The van der Waals surface area contributed by atoms with Gasteiger partial charge in [-0.2, -0.15) is 0 Å². The predicted octanol–water partition coefficient (Wildman–Crippen LogP) is 2.52. The Morgan fingerprint density at radius 3 is 2.86 bits per heavy atom. The number of hydrogen-bond acceptors (Lipinski definition) is 3. The maximum Gasteiger partial charge on any atom is 0.227 e. The van der Waals surface area contributed by atoms with E-state index in [4.69, 9.17) is 4.74 Å². The zero-order valence-electron chi connectivity index (χ0n) is 12.8. The lowest BCUT2D eigenvalue weighted by molar-refractivity contribution is -0.141. The second-order valence-corrected chi connectivity index (χ2v) is 7.06. The van der Waals surface area contributed by atoms with Crippen LogP contribution in [0.1, 0.15) is 18.4 Å². The fraction of sp³-hybridized carbons (Fsp3) is 0.588. The van der Waals surface area contributed by atoms with E-state index in [0.717, 1.165) is 50.0 Å². The zero-order chi connectivity index (χ0) is 15.4. The van der Waals surface area contributed by atoms with Gasteiger partial charge in [-0.15, -0.1) is 0 Å². The molecule has 2 saturated heterocycles. The van der Waals surface area contributed by atoms with Crippen LogP contribution < -0.4 is 0 Å². The van der Waals surface area contributed by atoms with Crippen molar-refractivity contribution < 1.29 is 9.53 Å². The molecule has 2 aliphatic rings. The predicted molar refractivity (Wildman–Crippen MR) is 89.5 cm³/mol. The maximum absolute atomic E-state index is 12.6. The fourth-order valence-electron chi connectivity index (χ4n) is 3.34. The van der Waals surface area contributed by atoms with E-state index in [1.807, 2.05) is 11.0 Å². The van der Waals surface area contributed by atoms with Crippen LogP contribution in [0.4, 0.5) is 0 Å². The molecule has 2 fully saturated rings. The number of amides is 1. The molecule has 2 aliphatic heterocycles. The van der Waals surface area contributed by atoms with Gasteiger partial charge >= 0.3 is 0 Å². The Hall–Kier alpha value is -0.910. The SMILES string of the molecule is O=C(C1CCCN(Cc2cccc(Br)c2)C1)N1CCOCC1. The van der Waals surface area contributed by atoms with Gasteiger partial charge in [0.05, 0.1) is 19.1 Å². The molecule has 1 amide bonds. The lowest BCUT2D eigenvalue weighted by Crippen LogP contribution is -2.48. The Morgan fingerprint density at radius 1 is 1.27 bits per heavy atom. The zero-order valence-corrected chi connectivity index (χ0v) is 14.4. The molecule has 3 rings (SSSR count). The minimum Gasteiger partial charge on any atom is -0.378 e. The summed E-state index contributed by atoms with van der Waals surface area (Å²) in [7, 11) is 0. The highest BCUT2D eigenvalue weighted by molar-refractivity contribution is 9.10. The summed E-state index contributed by atoms with van der Waals surface area (Å²) in [6, 6.07) is 8.43. The highest BCUT2D eigenvalue weighted by atomic mass is 79.9. The van der Waals surface area contributed by atoms with Gasteiger partial charge in [-0.3, -0.25) is 9.69 Å². The van der Waals surface area contributed by atoms with Gasteiger partial charge < -0.3 is 9.64 Å². The van der Waals surface area contributed by atoms with Gasteiger partial charge in [0.1, 0.15) is 0 Å². The summed E-state index contributed by atoms with van der Waals surface area (Å²) in [5, 5.41) is 0. The normalized spacial score (nSPS) is 23.5. The maximum atomic E-state index is 12.6. The Morgan fingerprint density at radius 2 is 2.09 bits per heavy atom. The summed E-state index contributed by atoms with van der Waals surface area (Å²) in [6.45, 7) is 5.75. The van der Waals surface area contributed by atoms with Crippen LogP contribution in [0.25, 0.3) is 0 Å². The minimum absolute atomic E-state index is 0.152. The van der Waals surface area contributed by atoms with Gasteiger partial charge in [0.25, 0.3) is 0 Å². The fourth-order valence-corrected chi connectivity index (χ4v) is 3.78. The summed E-state index contributed by atoms with van der Waals surface area (Å²) < 4.78 is 6.45. The van der Waals surface area contributed by atoms with E-state index in [-0.39, 0.29) is 5.92 Å². The van der Waals surface area contributed by atoms with Crippen LogP contribution in [-0.4, -0.2) is 55.1 Å². The topological polar surface area (TPSA) is 32.8 Å². The number of likely N-dealkylation sites (tertiary alicyclic amines) is 1. The molecule has 0 spiro atoms. The second kappa shape index (κ2) is 7.57. The highest BCUT2D eigenvalue weighted by Gasteiger charge is 2.29. The molecule has 22 heavy (non-hydrogen) atoms.